The molecule has 0 spiro atoms. The molecule has 0 fully saturated rings. The lowest BCUT2D eigenvalue weighted by Crippen LogP contribution is -2.14. The van der Waals surface area contributed by atoms with Crippen LogP contribution in [0.2, 0.25) is 0 Å². The normalized spacial score (nSPS) is 12.8. The van der Waals surface area contributed by atoms with Crippen LogP contribution in [0.3, 0.4) is 0 Å². The molecule has 1 atom stereocenters. The Hall–Kier alpha value is -0.930. The molecule has 0 aromatic carbocycles. The number of rotatable bonds is 5. The highest BCUT2D eigenvalue weighted by molar-refractivity contribution is 5.07. The van der Waals surface area contributed by atoms with Crippen molar-refractivity contribution in [1.82, 2.24) is 4.98 Å². The Kier molecular flexibility index (Phi) is 4.43. The zero-order valence-electron chi connectivity index (χ0n) is 7.94. The van der Waals surface area contributed by atoms with E-state index in [-0.39, 0.29) is 6.04 Å². The molecule has 1 aromatic rings. The van der Waals surface area contributed by atoms with E-state index in [9.17, 15) is 0 Å². The van der Waals surface area contributed by atoms with E-state index in [2.05, 4.69) is 4.98 Å². The van der Waals surface area contributed by atoms with Crippen molar-refractivity contribution in [3.8, 4) is 0 Å². The van der Waals surface area contributed by atoms with E-state index in [1.54, 1.807) is 6.20 Å². The number of nitrogens with zero attached hydrogens (tertiary/aromatic N) is 1. The van der Waals surface area contributed by atoms with Crippen molar-refractivity contribution in [3.05, 3.63) is 30.1 Å². The molecule has 0 bridgehead atoms. The van der Waals surface area contributed by atoms with Gasteiger partial charge in [0.05, 0.1) is 5.69 Å². The Morgan fingerprint density at radius 3 is 3.00 bits per heavy atom. The first-order chi connectivity index (χ1) is 6.34. The van der Waals surface area contributed by atoms with Gasteiger partial charge < -0.3 is 10.5 Å². The van der Waals surface area contributed by atoms with Crippen molar-refractivity contribution in [1.29, 1.82) is 0 Å². The minimum Gasteiger partial charge on any atom is -0.382 e. The summed E-state index contributed by atoms with van der Waals surface area (Å²) in [4.78, 5) is 4.18. The summed E-state index contributed by atoms with van der Waals surface area (Å²) in [6, 6.07) is 5.77. The second-order valence-electron chi connectivity index (χ2n) is 2.85. The van der Waals surface area contributed by atoms with E-state index in [0.717, 1.165) is 18.7 Å². The third kappa shape index (κ3) is 3.53. The summed E-state index contributed by atoms with van der Waals surface area (Å²) in [6.07, 6.45) is 2.58. The van der Waals surface area contributed by atoms with Gasteiger partial charge in [0, 0.05) is 25.5 Å². The largest absolute Gasteiger partial charge is 0.382 e. The maximum atomic E-state index is 5.89. The van der Waals surface area contributed by atoms with Gasteiger partial charge >= 0.3 is 0 Å². The lowest BCUT2D eigenvalue weighted by Gasteiger charge is -2.09. The van der Waals surface area contributed by atoms with Crippen LogP contribution in [0, 0.1) is 0 Å². The van der Waals surface area contributed by atoms with Gasteiger partial charge in [-0.05, 0) is 25.5 Å². The molecule has 3 nitrogen and oxygen atoms in total. The standard InChI is InChI=1S/C10H16N2O/c1-2-13-8-6-9(11)10-5-3-4-7-12-10/h3-5,7,9H,2,6,8,11H2,1H3. The van der Waals surface area contributed by atoms with E-state index in [1.807, 2.05) is 25.1 Å². The van der Waals surface area contributed by atoms with E-state index in [1.165, 1.54) is 0 Å². The average Bonchev–Trinajstić information content (AvgIpc) is 2.19. The van der Waals surface area contributed by atoms with Crippen LogP contribution < -0.4 is 5.73 Å². The Balaban J connectivity index is 2.35. The van der Waals surface area contributed by atoms with Crippen LogP contribution in [0.25, 0.3) is 0 Å². The van der Waals surface area contributed by atoms with E-state index < -0.39 is 0 Å². The molecule has 0 saturated heterocycles. The van der Waals surface area contributed by atoms with Crippen molar-refractivity contribution in [3.63, 3.8) is 0 Å². The summed E-state index contributed by atoms with van der Waals surface area (Å²) in [5.41, 5.74) is 6.83. The predicted octanol–water partition coefficient (Wildman–Crippen LogP) is 1.51. The SMILES string of the molecule is CCOCCC(N)c1ccccn1. The quantitative estimate of drug-likeness (QED) is 0.699. The van der Waals surface area contributed by atoms with Gasteiger partial charge in [0.15, 0.2) is 0 Å². The van der Waals surface area contributed by atoms with Crippen LogP contribution in [0.5, 0.6) is 0 Å². The molecule has 0 aliphatic heterocycles. The van der Waals surface area contributed by atoms with Gasteiger partial charge in [0.2, 0.25) is 0 Å². The summed E-state index contributed by atoms with van der Waals surface area (Å²) in [5.74, 6) is 0. The molecular formula is C10H16N2O. The van der Waals surface area contributed by atoms with Crippen molar-refractivity contribution < 1.29 is 4.74 Å². The first kappa shape index (κ1) is 10.2. The van der Waals surface area contributed by atoms with Gasteiger partial charge in [0.1, 0.15) is 0 Å². The zero-order chi connectivity index (χ0) is 9.52. The first-order valence-electron chi connectivity index (χ1n) is 4.59. The van der Waals surface area contributed by atoms with Crippen molar-refractivity contribution in [2.75, 3.05) is 13.2 Å². The molecule has 1 unspecified atom stereocenters. The summed E-state index contributed by atoms with van der Waals surface area (Å²) in [5, 5.41) is 0. The fourth-order valence-corrected chi connectivity index (χ4v) is 1.10. The number of hydrogen-bond acceptors (Lipinski definition) is 3. The maximum Gasteiger partial charge on any atom is 0.0571 e. The Labute approximate surface area is 78.9 Å². The molecule has 0 radical (unpaired) electrons. The van der Waals surface area contributed by atoms with E-state index in [4.69, 9.17) is 10.5 Å². The number of ether oxygens (including phenoxy) is 1. The summed E-state index contributed by atoms with van der Waals surface area (Å²) in [7, 11) is 0. The molecule has 0 saturated carbocycles. The molecule has 13 heavy (non-hydrogen) atoms. The van der Waals surface area contributed by atoms with Crippen LogP contribution >= 0.6 is 0 Å². The van der Waals surface area contributed by atoms with Crippen molar-refractivity contribution in [2.45, 2.75) is 19.4 Å². The predicted molar refractivity (Wildman–Crippen MR) is 52.3 cm³/mol. The molecule has 2 N–H and O–H groups in total. The monoisotopic (exact) mass is 180 g/mol. The lowest BCUT2D eigenvalue weighted by atomic mass is 10.1. The van der Waals surface area contributed by atoms with Gasteiger partial charge in [-0.15, -0.1) is 0 Å². The van der Waals surface area contributed by atoms with E-state index >= 15 is 0 Å². The highest BCUT2D eigenvalue weighted by Crippen LogP contribution is 2.09. The smallest absolute Gasteiger partial charge is 0.0571 e. The third-order valence-electron chi connectivity index (χ3n) is 1.84. The van der Waals surface area contributed by atoms with E-state index in [0.29, 0.717) is 6.61 Å². The number of pyridine rings is 1. The van der Waals surface area contributed by atoms with Gasteiger partial charge in [-0.25, -0.2) is 0 Å². The Bertz CT molecular complexity index is 226. The maximum absolute atomic E-state index is 5.89. The van der Waals surface area contributed by atoms with Crippen LogP contribution in [-0.4, -0.2) is 18.2 Å². The first-order valence-corrected chi connectivity index (χ1v) is 4.59. The highest BCUT2D eigenvalue weighted by atomic mass is 16.5. The second kappa shape index (κ2) is 5.67. The molecule has 1 heterocycles. The van der Waals surface area contributed by atoms with Gasteiger partial charge in [0.25, 0.3) is 0 Å². The zero-order valence-corrected chi connectivity index (χ0v) is 7.94. The molecule has 0 amide bonds. The second-order valence-corrected chi connectivity index (χ2v) is 2.85. The summed E-state index contributed by atoms with van der Waals surface area (Å²) in [6.45, 7) is 3.43. The Morgan fingerprint density at radius 1 is 1.54 bits per heavy atom. The third-order valence-corrected chi connectivity index (χ3v) is 1.84. The number of aromatic nitrogens is 1. The molecule has 72 valence electrons. The number of nitrogens with two attached hydrogens (primary N) is 1. The lowest BCUT2D eigenvalue weighted by molar-refractivity contribution is 0.139. The van der Waals surface area contributed by atoms with Crippen LogP contribution in [0.1, 0.15) is 25.1 Å². The fourth-order valence-electron chi connectivity index (χ4n) is 1.10. The van der Waals surface area contributed by atoms with Crippen molar-refractivity contribution >= 4 is 0 Å². The van der Waals surface area contributed by atoms with Crippen molar-refractivity contribution in [2.24, 2.45) is 5.73 Å². The molecule has 0 aliphatic carbocycles. The minimum atomic E-state index is -0.00671. The summed E-state index contributed by atoms with van der Waals surface area (Å²) < 4.78 is 5.22. The minimum absolute atomic E-state index is 0.00671. The van der Waals surface area contributed by atoms with Gasteiger partial charge in [-0.3, -0.25) is 4.98 Å². The van der Waals surface area contributed by atoms with Crippen LogP contribution in [-0.2, 0) is 4.74 Å². The van der Waals surface area contributed by atoms with Gasteiger partial charge in [-0.1, -0.05) is 6.07 Å². The number of hydrogen-bond donors (Lipinski definition) is 1. The molecule has 1 aromatic heterocycles. The molecular weight excluding hydrogens is 164 g/mol. The average molecular weight is 180 g/mol. The molecule has 3 heteroatoms. The summed E-state index contributed by atoms with van der Waals surface area (Å²) >= 11 is 0. The topological polar surface area (TPSA) is 48.1 Å². The molecule has 1 rings (SSSR count). The fraction of sp³-hybridized carbons (Fsp3) is 0.500. The van der Waals surface area contributed by atoms with Gasteiger partial charge in [-0.2, -0.15) is 0 Å². The highest BCUT2D eigenvalue weighted by Gasteiger charge is 2.05. The van der Waals surface area contributed by atoms with Crippen LogP contribution in [0.4, 0.5) is 0 Å². The Morgan fingerprint density at radius 2 is 2.38 bits per heavy atom. The van der Waals surface area contributed by atoms with Crippen LogP contribution in [0.15, 0.2) is 24.4 Å². The molecule has 0 aliphatic rings.